The minimum absolute atomic E-state index is 0.0215. The van der Waals surface area contributed by atoms with Crippen molar-refractivity contribution in [2.45, 2.75) is 0 Å². The van der Waals surface area contributed by atoms with Crippen LogP contribution < -0.4 is 5.73 Å². The molecule has 0 spiro atoms. The molecule has 0 aliphatic heterocycles. The van der Waals surface area contributed by atoms with Gasteiger partial charge in [-0.25, -0.2) is 4.99 Å². The van der Waals surface area contributed by atoms with Crippen molar-refractivity contribution in [1.29, 1.82) is 0 Å². The molecule has 19 heavy (non-hydrogen) atoms. The zero-order valence-corrected chi connectivity index (χ0v) is 10.5. The Labute approximate surface area is 114 Å². The van der Waals surface area contributed by atoms with Gasteiger partial charge in [-0.3, -0.25) is 10.1 Å². The van der Waals surface area contributed by atoms with Crippen LogP contribution >= 0.6 is 11.6 Å². The predicted octanol–water partition coefficient (Wildman–Crippen LogP) is 3.29. The van der Waals surface area contributed by atoms with Gasteiger partial charge in [0.15, 0.2) is 0 Å². The van der Waals surface area contributed by atoms with Crippen molar-refractivity contribution >= 4 is 28.8 Å². The molecule has 0 bridgehead atoms. The van der Waals surface area contributed by atoms with Crippen LogP contribution in [0.2, 0.25) is 5.02 Å². The number of rotatable bonds is 3. The Morgan fingerprint density at radius 1 is 1.21 bits per heavy atom. The lowest BCUT2D eigenvalue weighted by atomic mass is 10.2. The summed E-state index contributed by atoms with van der Waals surface area (Å²) in [4.78, 5) is 14.4. The van der Waals surface area contributed by atoms with E-state index in [1.165, 1.54) is 12.1 Å². The van der Waals surface area contributed by atoms with Crippen LogP contribution in [0.5, 0.6) is 0 Å². The number of nitrogens with zero attached hydrogens (tertiary/aromatic N) is 2. The summed E-state index contributed by atoms with van der Waals surface area (Å²) in [6.45, 7) is 0. The van der Waals surface area contributed by atoms with Gasteiger partial charge >= 0.3 is 0 Å². The van der Waals surface area contributed by atoms with Gasteiger partial charge in [0.1, 0.15) is 5.84 Å². The Morgan fingerprint density at radius 2 is 1.89 bits per heavy atom. The summed E-state index contributed by atoms with van der Waals surface area (Å²) in [7, 11) is 0. The van der Waals surface area contributed by atoms with E-state index in [0.717, 1.165) is 0 Å². The van der Waals surface area contributed by atoms with Gasteiger partial charge in [-0.15, -0.1) is 0 Å². The second-order valence-corrected chi connectivity index (χ2v) is 4.22. The van der Waals surface area contributed by atoms with Gasteiger partial charge in [-0.2, -0.15) is 0 Å². The lowest BCUT2D eigenvalue weighted by molar-refractivity contribution is -0.384. The van der Waals surface area contributed by atoms with E-state index in [0.29, 0.717) is 16.3 Å². The molecule has 5 nitrogen and oxygen atoms in total. The molecule has 0 saturated carbocycles. The van der Waals surface area contributed by atoms with Gasteiger partial charge in [0, 0.05) is 22.7 Å². The third-order valence-corrected chi connectivity index (χ3v) is 2.68. The number of benzene rings is 2. The van der Waals surface area contributed by atoms with E-state index in [2.05, 4.69) is 4.99 Å². The molecule has 2 aromatic carbocycles. The second-order valence-electron chi connectivity index (χ2n) is 3.78. The van der Waals surface area contributed by atoms with Gasteiger partial charge in [0.05, 0.1) is 10.6 Å². The van der Waals surface area contributed by atoms with E-state index in [9.17, 15) is 10.1 Å². The molecular weight excluding hydrogens is 266 g/mol. The highest BCUT2D eigenvalue weighted by atomic mass is 35.5. The molecule has 0 heterocycles. The normalized spacial score (nSPS) is 11.3. The molecular formula is C13H10ClN3O2. The summed E-state index contributed by atoms with van der Waals surface area (Å²) in [5.41, 5.74) is 6.94. The highest BCUT2D eigenvalue weighted by molar-refractivity contribution is 6.30. The Morgan fingerprint density at radius 3 is 2.53 bits per heavy atom. The molecule has 0 saturated heterocycles. The average Bonchev–Trinajstić information content (AvgIpc) is 2.41. The van der Waals surface area contributed by atoms with Crippen molar-refractivity contribution in [1.82, 2.24) is 0 Å². The maximum Gasteiger partial charge on any atom is 0.270 e. The van der Waals surface area contributed by atoms with Crippen LogP contribution in [0.25, 0.3) is 0 Å². The molecule has 0 aliphatic rings. The van der Waals surface area contributed by atoms with Crippen molar-refractivity contribution in [3.8, 4) is 0 Å². The van der Waals surface area contributed by atoms with Crippen molar-refractivity contribution in [3.63, 3.8) is 0 Å². The number of nitrogens with two attached hydrogens (primary N) is 1. The Hall–Kier alpha value is -2.40. The van der Waals surface area contributed by atoms with Gasteiger partial charge in [0.25, 0.3) is 5.69 Å². The number of aliphatic imine (C=N–C) groups is 1. The molecule has 2 aromatic rings. The zero-order chi connectivity index (χ0) is 13.8. The molecule has 2 rings (SSSR count). The molecule has 0 amide bonds. The summed E-state index contributed by atoms with van der Waals surface area (Å²) in [6.07, 6.45) is 0. The van der Waals surface area contributed by atoms with Crippen LogP contribution in [0.3, 0.4) is 0 Å². The van der Waals surface area contributed by atoms with Crippen molar-refractivity contribution in [2.24, 2.45) is 10.7 Å². The second kappa shape index (κ2) is 5.49. The first-order valence-corrected chi connectivity index (χ1v) is 5.78. The summed E-state index contributed by atoms with van der Waals surface area (Å²) >= 11 is 5.77. The minimum Gasteiger partial charge on any atom is -0.383 e. The fourth-order valence-corrected chi connectivity index (χ4v) is 1.62. The third-order valence-electron chi connectivity index (χ3n) is 2.43. The van der Waals surface area contributed by atoms with Crippen molar-refractivity contribution in [3.05, 3.63) is 69.2 Å². The first kappa shape index (κ1) is 13.0. The lowest BCUT2D eigenvalue weighted by Gasteiger charge is -2.01. The molecule has 0 aliphatic carbocycles. The zero-order valence-electron chi connectivity index (χ0n) is 9.79. The summed E-state index contributed by atoms with van der Waals surface area (Å²) in [6, 6.07) is 12.8. The Kier molecular flexibility index (Phi) is 3.77. The van der Waals surface area contributed by atoms with E-state index < -0.39 is 4.92 Å². The highest BCUT2D eigenvalue weighted by Gasteiger charge is 2.07. The van der Waals surface area contributed by atoms with Crippen LogP contribution in [0.15, 0.2) is 53.5 Å². The summed E-state index contributed by atoms with van der Waals surface area (Å²) in [5, 5.41) is 11.3. The van der Waals surface area contributed by atoms with Crippen molar-refractivity contribution in [2.75, 3.05) is 0 Å². The fourth-order valence-electron chi connectivity index (χ4n) is 1.50. The number of amidine groups is 1. The molecule has 0 atom stereocenters. The van der Waals surface area contributed by atoms with Crippen molar-refractivity contribution < 1.29 is 4.92 Å². The molecule has 0 aromatic heterocycles. The van der Waals surface area contributed by atoms with E-state index in [1.807, 2.05) is 0 Å². The van der Waals surface area contributed by atoms with E-state index in [1.54, 1.807) is 36.4 Å². The summed E-state index contributed by atoms with van der Waals surface area (Å²) < 4.78 is 0. The van der Waals surface area contributed by atoms with Gasteiger partial charge < -0.3 is 5.73 Å². The molecule has 0 unspecified atom stereocenters. The maximum absolute atomic E-state index is 10.7. The van der Waals surface area contributed by atoms with Gasteiger partial charge in [-0.1, -0.05) is 23.7 Å². The van der Waals surface area contributed by atoms with Gasteiger partial charge in [-0.05, 0) is 24.3 Å². The average molecular weight is 276 g/mol. The lowest BCUT2D eigenvalue weighted by Crippen LogP contribution is -2.12. The topological polar surface area (TPSA) is 81.5 Å². The molecule has 2 N–H and O–H groups in total. The standard InChI is InChI=1S/C13H10ClN3O2/c14-10-4-6-11(7-5-10)16-13(15)9-2-1-3-12(8-9)17(18)19/h1-8H,(H2,15,16). The number of hydrogen-bond donors (Lipinski definition) is 1. The third kappa shape index (κ3) is 3.29. The van der Waals surface area contributed by atoms with E-state index in [-0.39, 0.29) is 11.5 Å². The van der Waals surface area contributed by atoms with Crippen LogP contribution in [0.4, 0.5) is 11.4 Å². The van der Waals surface area contributed by atoms with Gasteiger partial charge in [0.2, 0.25) is 0 Å². The Balaban J connectivity index is 2.33. The number of nitro benzene ring substituents is 1. The monoisotopic (exact) mass is 275 g/mol. The first-order valence-electron chi connectivity index (χ1n) is 5.41. The first-order chi connectivity index (χ1) is 9.06. The molecule has 0 radical (unpaired) electrons. The number of non-ortho nitro benzene ring substituents is 1. The highest BCUT2D eigenvalue weighted by Crippen LogP contribution is 2.18. The fraction of sp³-hybridized carbons (Fsp3) is 0. The van der Waals surface area contributed by atoms with E-state index >= 15 is 0 Å². The smallest absolute Gasteiger partial charge is 0.270 e. The van der Waals surface area contributed by atoms with E-state index in [4.69, 9.17) is 17.3 Å². The van der Waals surface area contributed by atoms with Crippen LogP contribution in [-0.2, 0) is 0 Å². The predicted molar refractivity (Wildman–Crippen MR) is 74.9 cm³/mol. The quantitative estimate of drug-likeness (QED) is 0.404. The largest absolute Gasteiger partial charge is 0.383 e. The number of nitro groups is 1. The van der Waals surface area contributed by atoms with Crippen LogP contribution in [0, 0.1) is 10.1 Å². The van der Waals surface area contributed by atoms with Crippen LogP contribution in [0.1, 0.15) is 5.56 Å². The SMILES string of the molecule is NC(=Nc1ccc(Cl)cc1)c1cccc([N+](=O)[O-])c1. The Bertz CT molecular complexity index is 639. The molecule has 0 fully saturated rings. The van der Waals surface area contributed by atoms with Crippen LogP contribution in [-0.4, -0.2) is 10.8 Å². The number of hydrogen-bond acceptors (Lipinski definition) is 3. The maximum atomic E-state index is 10.7. The summed E-state index contributed by atoms with van der Waals surface area (Å²) in [5.74, 6) is 0.214. The number of halogens is 1. The molecule has 96 valence electrons. The molecule has 6 heteroatoms. The minimum atomic E-state index is -0.473.